The molecule has 0 amide bonds. The Morgan fingerprint density at radius 3 is 2.63 bits per heavy atom. The maximum atomic E-state index is 13.9. The predicted molar refractivity (Wildman–Crippen MR) is 158 cm³/mol. The Morgan fingerprint density at radius 2 is 1.85 bits per heavy atom. The minimum Gasteiger partial charge on any atom is -0.457 e. The first kappa shape index (κ1) is 25.6. The third-order valence-electron chi connectivity index (χ3n) is 7.39. The minimum absolute atomic E-state index is 0.0328. The Balaban J connectivity index is 1.36. The molecule has 2 aliphatic rings. The van der Waals surface area contributed by atoms with E-state index < -0.39 is 11.0 Å². The van der Waals surface area contributed by atoms with E-state index in [0.717, 1.165) is 35.2 Å². The zero-order chi connectivity index (χ0) is 28.2. The summed E-state index contributed by atoms with van der Waals surface area (Å²) in [6.07, 6.45) is 3.26. The number of halogens is 2. The van der Waals surface area contributed by atoms with Crippen molar-refractivity contribution in [3.8, 4) is 11.3 Å². The van der Waals surface area contributed by atoms with E-state index in [1.54, 1.807) is 41.0 Å². The van der Waals surface area contributed by atoms with Gasteiger partial charge in [0.05, 0.1) is 21.2 Å². The summed E-state index contributed by atoms with van der Waals surface area (Å²) in [7, 11) is 0. The van der Waals surface area contributed by atoms with Gasteiger partial charge in [-0.15, -0.1) is 0 Å². The lowest BCUT2D eigenvalue weighted by Crippen LogP contribution is -2.38. The van der Waals surface area contributed by atoms with Crippen molar-refractivity contribution in [2.75, 3.05) is 0 Å². The number of benzene rings is 3. The van der Waals surface area contributed by atoms with Crippen LogP contribution in [0.25, 0.3) is 23.1 Å². The SMILES string of the molecule is O=c1/c(=C\c2ccc(-c3ccc([N+](=O)[O-])cc3Br)o2)sc2n1[C@H](c1ccc(F)cc1)C1=C(N=2)c2ccccc2CC1. The van der Waals surface area contributed by atoms with Crippen molar-refractivity contribution in [3.05, 3.63) is 147 Å². The summed E-state index contributed by atoms with van der Waals surface area (Å²) in [4.78, 5) is 30.1. The van der Waals surface area contributed by atoms with E-state index in [1.807, 2.05) is 12.1 Å². The predicted octanol–water partition coefficient (Wildman–Crippen LogP) is 6.39. The van der Waals surface area contributed by atoms with E-state index in [9.17, 15) is 19.3 Å². The average molecular weight is 628 g/mol. The van der Waals surface area contributed by atoms with Crippen molar-refractivity contribution >= 4 is 44.7 Å². The van der Waals surface area contributed by atoms with E-state index in [0.29, 0.717) is 30.9 Å². The molecule has 7 nitrogen and oxygen atoms in total. The molecule has 0 fully saturated rings. The molecule has 2 aromatic heterocycles. The number of non-ortho nitro benzene ring substituents is 1. The van der Waals surface area contributed by atoms with E-state index in [-0.39, 0.29) is 17.1 Å². The van der Waals surface area contributed by atoms with E-state index in [4.69, 9.17) is 9.41 Å². The smallest absolute Gasteiger partial charge is 0.271 e. The lowest BCUT2D eigenvalue weighted by atomic mass is 9.83. The molecule has 10 heteroatoms. The third-order valence-corrected chi connectivity index (χ3v) is 9.03. The monoisotopic (exact) mass is 627 g/mol. The highest BCUT2D eigenvalue weighted by Crippen LogP contribution is 2.41. The number of aryl methyl sites for hydroxylation is 1. The van der Waals surface area contributed by atoms with Crippen LogP contribution in [0, 0.1) is 15.9 Å². The Kier molecular flexibility index (Phi) is 6.17. The van der Waals surface area contributed by atoms with Crippen molar-refractivity contribution in [2.24, 2.45) is 4.99 Å². The number of nitrogens with zero attached hydrogens (tertiary/aromatic N) is 3. The molecule has 0 unspecified atom stereocenters. The first-order chi connectivity index (χ1) is 19.9. The van der Waals surface area contributed by atoms with Crippen LogP contribution in [-0.2, 0) is 6.42 Å². The van der Waals surface area contributed by atoms with Crippen molar-refractivity contribution in [1.29, 1.82) is 0 Å². The van der Waals surface area contributed by atoms with Crippen molar-refractivity contribution < 1.29 is 13.7 Å². The highest BCUT2D eigenvalue weighted by molar-refractivity contribution is 9.10. The topological polar surface area (TPSA) is 90.6 Å². The summed E-state index contributed by atoms with van der Waals surface area (Å²) in [6.45, 7) is 0. The number of thiazole rings is 1. The fourth-order valence-corrected chi connectivity index (χ4v) is 7.03. The van der Waals surface area contributed by atoms with E-state index in [2.05, 4.69) is 28.1 Å². The lowest BCUT2D eigenvalue weighted by Gasteiger charge is -2.30. The number of hydrogen-bond donors (Lipinski definition) is 0. The molecule has 1 aliphatic heterocycles. The largest absolute Gasteiger partial charge is 0.457 e. The lowest BCUT2D eigenvalue weighted by molar-refractivity contribution is -0.384. The maximum Gasteiger partial charge on any atom is 0.271 e. The molecular formula is C31H19BrFN3O4S. The Bertz CT molecular complexity index is 2090. The fourth-order valence-electron chi connectivity index (χ4n) is 5.49. The molecule has 0 N–H and O–H groups in total. The highest BCUT2D eigenvalue weighted by Gasteiger charge is 2.32. The standard InChI is InChI=1S/C31H19BrFN3O4S/c32-25-15-20(36(38)39)10-13-23(25)26-14-11-21(40-26)16-27-30(37)35-29(18-5-8-19(33)9-6-18)24-12-7-17-3-1-2-4-22(17)28(24)34-31(35)41-27/h1-6,8-11,13-16,29H,7,12H2/b27-16+/t29-/m1/s1. The molecule has 0 saturated heterocycles. The van der Waals surface area contributed by atoms with Crippen LogP contribution in [0.3, 0.4) is 0 Å². The zero-order valence-corrected chi connectivity index (χ0v) is 23.6. The zero-order valence-electron chi connectivity index (χ0n) is 21.2. The van der Waals surface area contributed by atoms with Crippen LogP contribution in [0.2, 0.25) is 0 Å². The summed E-state index contributed by atoms with van der Waals surface area (Å²) in [5.74, 6) is 0.627. The normalized spacial score (nSPS) is 16.1. The number of fused-ring (bicyclic) bond motifs is 3. The summed E-state index contributed by atoms with van der Waals surface area (Å²) < 4.78 is 22.6. The van der Waals surface area contributed by atoms with Gasteiger partial charge >= 0.3 is 0 Å². The van der Waals surface area contributed by atoms with Crippen LogP contribution in [0.1, 0.15) is 34.9 Å². The molecule has 202 valence electrons. The third kappa shape index (κ3) is 4.39. The first-order valence-corrected chi connectivity index (χ1v) is 14.4. The fraction of sp³-hybridized carbons (Fsp3) is 0.0968. The van der Waals surface area contributed by atoms with Gasteiger partial charge in [0.25, 0.3) is 11.2 Å². The maximum absolute atomic E-state index is 13.9. The molecular weight excluding hydrogens is 609 g/mol. The summed E-state index contributed by atoms with van der Waals surface area (Å²) >= 11 is 4.66. The molecule has 3 aromatic carbocycles. The number of rotatable bonds is 4. The van der Waals surface area contributed by atoms with Crippen molar-refractivity contribution in [3.63, 3.8) is 0 Å². The number of allylic oxidation sites excluding steroid dienone is 1. The van der Waals surface area contributed by atoms with Crippen LogP contribution in [0.4, 0.5) is 10.1 Å². The number of aromatic nitrogens is 1. The molecule has 0 radical (unpaired) electrons. The second-order valence-electron chi connectivity index (χ2n) is 9.79. The van der Waals surface area contributed by atoms with E-state index in [1.165, 1.54) is 41.2 Å². The summed E-state index contributed by atoms with van der Waals surface area (Å²) in [6, 6.07) is 22.0. The second-order valence-corrected chi connectivity index (χ2v) is 11.7. The van der Waals surface area contributed by atoms with Crippen LogP contribution in [0.5, 0.6) is 0 Å². The van der Waals surface area contributed by atoms with Gasteiger partial charge in [-0.05, 0) is 75.8 Å². The number of furan rings is 1. The van der Waals surface area contributed by atoms with E-state index >= 15 is 0 Å². The molecule has 0 spiro atoms. The second kappa shape index (κ2) is 9.90. The molecule has 0 bridgehead atoms. The van der Waals surface area contributed by atoms with Crippen LogP contribution < -0.4 is 14.9 Å². The van der Waals surface area contributed by atoms with Gasteiger partial charge in [0.15, 0.2) is 4.80 Å². The minimum atomic E-state index is -0.461. The molecule has 1 aliphatic carbocycles. The molecule has 7 rings (SSSR count). The molecule has 41 heavy (non-hydrogen) atoms. The van der Waals surface area contributed by atoms with Crippen LogP contribution in [0.15, 0.2) is 103 Å². The number of nitro groups is 1. The van der Waals surface area contributed by atoms with Gasteiger partial charge in [-0.25, -0.2) is 9.38 Å². The summed E-state index contributed by atoms with van der Waals surface area (Å²) in [5, 5.41) is 11.1. The highest BCUT2D eigenvalue weighted by atomic mass is 79.9. The molecule has 5 aromatic rings. The Morgan fingerprint density at radius 1 is 1.05 bits per heavy atom. The average Bonchev–Trinajstić information content (AvgIpc) is 3.56. The van der Waals surface area contributed by atoms with Gasteiger partial charge in [-0.1, -0.05) is 47.7 Å². The van der Waals surface area contributed by atoms with Crippen LogP contribution in [-0.4, -0.2) is 9.49 Å². The van der Waals surface area contributed by atoms with Crippen LogP contribution >= 0.6 is 27.3 Å². The quantitative estimate of drug-likeness (QED) is 0.171. The number of nitro benzene ring substituents is 1. The van der Waals surface area contributed by atoms with Crippen molar-refractivity contribution in [2.45, 2.75) is 18.9 Å². The van der Waals surface area contributed by atoms with Gasteiger partial charge in [-0.2, -0.15) is 0 Å². The van der Waals surface area contributed by atoms with Gasteiger partial charge in [0, 0.05) is 33.8 Å². The van der Waals surface area contributed by atoms with Gasteiger partial charge < -0.3 is 4.42 Å². The molecule has 0 saturated carbocycles. The van der Waals surface area contributed by atoms with Gasteiger partial charge in [-0.3, -0.25) is 19.5 Å². The first-order valence-electron chi connectivity index (χ1n) is 12.8. The Labute approximate surface area is 244 Å². The van der Waals surface area contributed by atoms with Gasteiger partial charge in [0.1, 0.15) is 17.3 Å². The molecule has 1 atom stereocenters. The number of hydrogen-bond acceptors (Lipinski definition) is 6. The van der Waals surface area contributed by atoms with Crippen molar-refractivity contribution in [1.82, 2.24) is 4.57 Å². The van der Waals surface area contributed by atoms with Gasteiger partial charge in [0.2, 0.25) is 0 Å². The molecule has 3 heterocycles. The summed E-state index contributed by atoms with van der Waals surface area (Å²) in [5.41, 5.74) is 5.42. The Hall–Kier alpha value is -4.41.